The molecule has 0 spiro atoms. The Balaban J connectivity index is 2.18. The second kappa shape index (κ2) is 4.90. The van der Waals surface area contributed by atoms with E-state index in [1.807, 2.05) is 36.4 Å². The molecule has 0 unspecified atom stereocenters. The molecule has 0 amide bonds. The highest BCUT2D eigenvalue weighted by molar-refractivity contribution is 7.17. The van der Waals surface area contributed by atoms with Crippen LogP contribution < -0.4 is 0 Å². The molecule has 5 nitrogen and oxygen atoms in total. The van der Waals surface area contributed by atoms with Crippen molar-refractivity contribution >= 4 is 17.3 Å². The number of nitrogens with zero attached hydrogens (tertiary/aromatic N) is 3. The Morgan fingerprint density at radius 2 is 2.00 bits per heavy atom. The van der Waals surface area contributed by atoms with E-state index in [9.17, 15) is 9.90 Å². The fraction of sp³-hybridized carbons (Fsp3) is 0.0714. The van der Waals surface area contributed by atoms with Crippen molar-refractivity contribution in [1.82, 2.24) is 14.8 Å². The lowest BCUT2D eigenvalue weighted by atomic mass is 10.1. The monoisotopic (exact) mass is 285 g/mol. The number of carbonyl (C=O) groups is 1. The number of hydrogen-bond acceptors (Lipinski definition) is 4. The Morgan fingerprint density at radius 3 is 2.60 bits per heavy atom. The second-order valence-corrected chi connectivity index (χ2v) is 5.21. The van der Waals surface area contributed by atoms with Gasteiger partial charge in [0.2, 0.25) is 0 Å². The predicted octanol–water partition coefficient (Wildman–Crippen LogP) is 2.91. The van der Waals surface area contributed by atoms with E-state index in [0.717, 1.165) is 22.6 Å². The number of thiazole rings is 1. The molecular weight excluding hydrogens is 274 g/mol. The van der Waals surface area contributed by atoms with Gasteiger partial charge in [0.25, 0.3) is 0 Å². The number of carboxylic acids is 1. The molecule has 0 saturated carbocycles. The van der Waals surface area contributed by atoms with E-state index in [-0.39, 0.29) is 4.88 Å². The molecule has 0 atom stereocenters. The molecule has 2 heterocycles. The maximum Gasteiger partial charge on any atom is 0.348 e. The summed E-state index contributed by atoms with van der Waals surface area (Å²) in [4.78, 5) is 16.1. The van der Waals surface area contributed by atoms with Crippen LogP contribution >= 0.6 is 11.3 Å². The highest BCUT2D eigenvalue weighted by Gasteiger charge is 2.20. The summed E-state index contributed by atoms with van der Waals surface area (Å²) in [5, 5.41) is 14.1. The van der Waals surface area contributed by atoms with E-state index < -0.39 is 5.97 Å². The van der Waals surface area contributed by atoms with Crippen LogP contribution in [0, 0.1) is 0 Å². The van der Waals surface area contributed by atoms with Gasteiger partial charge in [0.15, 0.2) is 0 Å². The van der Waals surface area contributed by atoms with Gasteiger partial charge < -0.3 is 5.11 Å². The summed E-state index contributed by atoms with van der Waals surface area (Å²) >= 11 is 1.16. The molecule has 0 saturated heterocycles. The minimum absolute atomic E-state index is 0.243. The number of aromatic carboxylic acids is 1. The van der Waals surface area contributed by atoms with Crippen LogP contribution in [0.2, 0.25) is 0 Å². The zero-order chi connectivity index (χ0) is 14.1. The van der Waals surface area contributed by atoms with E-state index in [2.05, 4.69) is 10.1 Å². The smallest absolute Gasteiger partial charge is 0.348 e. The molecule has 3 rings (SSSR count). The summed E-state index contributed by atoms with van der Waals surface area (Å²) in [6.45, 7) is 0. The summed E-state index contributed by atoms with van der Waals surface area (Å²) in [5.41, 5.74) is 2.11. The van der Waals surface area contributed by atoms with Crippen LogP contribution in [0.1, 0.15) is 9.67 Å². The molecule has 6 heteroatoms. The summed E-state index contributed by atoms with van der Waals surface area (Å²) in [6.07, 6.45) is 1.67. The molecule has 3 aromatic rings. The highest BCUT2D eigenvalue weighted by atomic mass is 32.1. The van der Waals surface area contributed by atoms with Gasteiger partial charge >= 0.3 is 5.97 Å². The van der Waals surface area contributed by atoms with Crippen molar-refractivity contribution in [2.24, 2.45) is 7.05 Å². The number of benzene rings is 1. The summed E-state index contributed by atoms with van der Waals surface area (Å²) in [6, 6.07) is 11.1. The number of rotatable bonds is 3. The van der Waals surface area contributed by atoms with Gasteiger partial charge in [-0.1, -0.05) is 30.3 Å². The molecule has 20 heavy (non-hydrogen) atoms. The van der Waals surface area contributed by atoms with E-state index in [1.165, 1.54) is 0 Å². The Morgan fingerprint density at radius 1 is 1.25 bits per heavy atom. The zero-order valence-corrected chi connectivity index (χ0v) is 11.5. The first-order valence-corrected chi connectivity index (χ1v) is 6.76. The van der Waals surface area contributed by atoms with Crippen molar-refractivity contribution in [3.8, 4) is 22.0 Å². The van der Waals surface area contributed by atoms with Crippen LogP contribution in [-0.2, 0) is 7.05 Å². The van der Waals surface area contributed by atoms with Crippen LogP contribution in [-0.4, -0.2) is 25.8 Å². The van der Waals surface area contributed by atoms with Crippen molar-refractivity contribution in [3.63, 3.8) is 0 Å². The third-order valence-corrected chi connectivity index (χ3v) is 3.97. The average molecular weight is 285 g/mol. The molecule has 1 aromatic carbocycles. The van der Waals surface area contributed by atoms with E-state index >= 15 is 0 Å². The normalized spacial score (nSPS) is 10.7. The fourth-order valence-corrected chi connectivity index (χ4v) is 2.93. The lowest BCUT2D eigenvalue weighted by Gasteiger charge is -1.97. The van der Waals surface area contributed by atoms with Crippen molar-refractivity contribution in [3.05, 3.63) is 47.5 Å². The Bertz CT molecular complexity index is 762. The third kappa shape index (κ3) is 2.10. The van der Waals surface area contributed by atoms with Crippen LogP contribution in [0.4, 0.5) is 0 Å². The van der Waals surface area contributed by atoms with Crippen LogP contribution in [0.15, 0.2) is 42.6 Å². The summed E-state index contributed by atoms with van der Waals surface area (Å²) in [5.74, 6) is -0.963. The van der Waals surface area contributed by atoms with Gasteiger partial charge in [-0.05, 0) is 6.07 Å². The molecular formula is C14H11N3O2S. The van der Waals surface area contributed by atoms with Gasteiger partial charge in [-0.25, -0.2) is 9.78 Å². The maximum atomic E-state index is 11.4. The number of aryl methyl sites for hydroxylation is 1. The topological polar surface area (TPSA) is 68.0 Å². The quantitative estimate of drug-likeness (QED) is 0.803. The van der Waals surface area contributed by atoms with Crippen LogP contribution in [0.3, 0.4) is 0 Å². The number of carboxylic acid groups (broad SMARTS) is 1. The van der Waals surface area contributed by atoms with Gasteiger partial charge in [0.05, 0.1) is 11.4 Å². The molecule has 0 fully saturated rings. The number of hydrogen-bond donors (Lipinski definition) is 1. The molecule has 0 bridgehead atoms. The standard InChI is InChI=1S/C14H11N3O2S/c1-17-10(7-8-15-17)13-16-11(12(20-13)14(18)19)9-5-3-2-4-6-9/h2-8H,1H3,(H,18,19). The van der Waals surface area contributed by atoms with Crippen molar-refractivity contribution < 1.29 is 9.90 Å². The van der Waals surface area contributed by atoms with E-state index in [1.54, 1.807) is 17.9 Å². The largest absolute Gasteiger partial charge is 0.477 e. The Labute approximate surface area is 119 Å². The molecule has 0 aliphatic carbocycles. The lowest BCUT2D eigenvalue weighted by Crippen LogP contribution is -1.95. The van der Waals surface area contributed by atoms with Gasteiger partial charge in [-0.2, -0.15) is 5.10 Å². The second-order valence-electron chi connectivity index (χ2n) is 4.21. The fourth-order valence-electron chi connectivity index (χ4n) is 1.95. The average Bonchev–Trinajstić information content (AvgIpc) is 3.05. The van der Waals surface area contributed by atoms with Crippen LogP contribution in [0.25, 0.3) is 22.0 Å². The molecule has 2 aromatic heterocycles. The number of aromatic nitrogens is 3. The van der Waals surface area contributed by atoms with E-state index in [0.29, 0.717) is 10.7 Å². The summed E-state index contributed by atoms with van der Waals surface area (Å²) in [7, 11) is 1.80. The molecule has 0 aliphatic heterocycles. The molecule has 0 radical (unpaired) electrons. The third-order valence-electron chi connectivity index (χ3n) is 2.91. The van der Waals surface area contributed by atoms with Crippen molar-refractivity contribution in [1.29, 1.82) is 0 Å². The Hall–Kier alpha value is -2.47. The van der Waals surface area contributed by atoms with Crippen LogP contribution in [0.5, 0.6) is 0 Å². The van der Waals surface area contributed by atoms with Gasteiger partial charge in [0, 0.05) is 18.8 Å². The van der Waals surface area contributed by atoms with Crippen molar-refractivity contribution in [2.45, 2.75) is 0 Å². The molecule has 100 valence electrons. The highest BCUT2D eigenvalue weighted by Crippen LogP contribution is 2.33. The zero-order valence-electron chi connectivity index (χ0n) is 10.6. The first-order chi connectivity index (χ1) is 9.66. The minimum atomic E-state index is -0.963. The first kappa shape index (κ1) is 12.6. The molecule has 0 aliphatic rings. The Kier molecular flexibility index (Phi) is 3.08. The lowest BCUT2D eigenvalue weighted by molar-refractivity contribution is 0.0702. The first-order valence-electron chi connectivity index (χ1n) is 5.94. The van der Waals surface area contributed by atoms with Gasteiger partial charge in [-0.3, -0.25) is 4.68 Å². The van der Waals surface area contributed by atoms with Gasteiger partial charge in [0.1, 0.15) is 9.88 Å². The van der Waals surface area contributed by atoms with Gasteiger partial charge in [-0.15, -0.1) is 11.3 Å². The molecule has 1 N–H and O–H groups in total. The van der Waals surface area contributed by atoms with E-state index in [4.69, 9.17) is 0 Å². The van der Waals surface area contributed by atoms with Crippen molar-refractivity contribution in [2.75, 3.05) is 0 Å². The minimum Gasteiger partial charge on any atom is -0.477 e. The SMILES string of the molecule is Cn1nccc1-c1nc(-c2ccccc2)c(C(=O)O)s1. The maximum absolute atomic E-state index is 11.4. The summed E-state index contributed by atoms with van der Waals surface area (Å²) < 4.78 is 1.68. The predicted molar refractivity (Wildman–Crippen MR) is 76.7 cm³/mol.